The molecule has 1 aliphatic heterocycles. The van der Waals surface area contributed by atoms with E-state index in [-0.39, 0.29) is 11.9 Å². The molecule has 2 rings (SSSR count). The predicted octanol–water partition coefficient (Wildman–Crippen LogP) is 0.881. The van der Waals surface area contributed by atoms with Gasteiger partial charge in [-0.05, 0) is 31.4 Å². The summed E-state index contributed by atoms with van der Waals surface area (Å²) in [6, 6.07) is 3.62. The normalized spacial score (nSPS) is 24.1. The van der Waals surface area contributed by atoms with Gasteiger partial charge in [0.25, 0.3) is 0 Å². The Hall–Kier alpha value is -1.62. The zero-order valence-electron chi connectivity index (χ0n) is 10.8. The summed E-state index contributed by atoms with van der Waals surface area (Å²) in [6.45, 7) is 5.42. The van der Waals surface area contributed by atoms with Gasteiger partial charge in [0.15, 0.2) is 0 Å². The third-order valence-electron chi connectivity index (χ3n) is 3.49. The fourth-order valence-corrected chi connectivity index (χ4v) is 2.23. The maximum atomic E-state index is 9.92. The molecule has 0 radical (unpaired) electrons. The van der Waals surface area contributed by atoms with Crippen LogP contribution in [-0.4, -0.2) is 35.1 Å². The van der Waals surface area contributed by atoms with Crippen LogP contribution in [0.5, 0.6) is 0 Å². The number of rotatable bonds is 2. The highest BCUT2D eigenvalue weighted by molar-refractivity contribution is 5.95. The molecule has 98 valence electrons. The molecule has 0 amide bonds. The Morgan fingerprint density at radius 1 is 1.56 bits per heavy atom. The van der Waals surface area contributed by atoms with E-state index in [0.29, 0.717) is 18.0 Å². The van der Waals surface area contributed by atoms with Gasteiger partial charge in [0.2, 0.25) is 0 Å². The van der Waals surface area contributed by atoms with Gasteiger partial charge < -0.3 is 15.7 Å². The van der Waals surface area contributed by atoms with E-state index < -0.39 is 0 Å². The standard InChI is InChI=1S/C13H20N4O/c1-8-3-4-17(7-11(8)18)12-6-10(13(14)15)5-9(2)16-12/h5-6,8,11,18H,3-4,7H2,1-2H3,(H3,14,15). The maximum absolute atomic E-state index is 9.92. The quantitative estimate of drug-likeness (QED) is 0.535. The van der Waals surface area contributed by atoms with E-state index in [2.05, 4.69) is 16.8 Å². The average molecular weight is 248 g/mol. The molecule has 0 spiro atoms. The van der Waals surface area contributed by atoms with Crippen LogP contribution in [-0.2, 0) is 0 Å². The lowest BCUT2D eigenvalue weighted by atomic mass is 9.96. The van der Waals surface area contributed by atoms with Crippen molar-refractivity contribution in [2.45, 2.75) is 26.4 Å². The minimum absolute atomic E-state index is 0.0488. The number of aromatic nitrogens is 1. The molecule has 5 nitrogen and oxygen atoms in total. The first kappa shape index (κ1) is 12.8. The molecule has 2 atom stereocenters. The number of nitrogen functional groups attached to an aromatic ring is 1. The van der Waals surface area contributed by atoms with Crippen LogP contribution >= 0.6 is 0 Å². The van der Waals surface area contributed by atoms with Gasteiger partial charge in [-0.2, -0.15) is 0 Å². The van der Waals surface area contributed by atoms with E-state index in [1.807, 2.05) is 13.0 Å². The fraction of sp³-hybridized carbons (Fsp3) is 0.538. The molecule has 4 N–H and O–H groups in total. The lowest BCUT2D eigenvalue weighted by Gasteiger charge is -2.35. The van der Waals surface area contributed by atoms with Gasteiger partial charge in [0.05, 0.1) is 6.10 Å². The molecule has 1 saturated heterocycles. The van der Waals surface area contributed by atoms with E-state index in [1.54, 1.807) is 6.07 Å². The van der Waals surface area contributed by atoms with Crippen LogP contribution in [0.1, 0.15) is 24.6 Å². The van der Waals surface area contributed by atoms with Gasteiger partial charge in [-0.25, -0.2) is 4.98 Å². The van der Waals surface area contributed by atoms with Crippen molar-refractivity contribution in [2.75, 3.05) is 18.0 Å². The molecular formula is C13H20N4O. The van der Waals surface area contributed by atoms with Gasteiger partial charge in [0, 0.05) is 24.3 Å². The van der Waals surface area contributed by atoms with Crippen molar-refractivity contribution in [1.29, 1.82) is 5.41 Å². The van der Waals surface area contributed by atoms with Crippen LogP contribution in [0.25, 0.3) is 0 Å². The Kier molecular flexibility index (Phi) is 3.52. The molecular weight excluding hydrogens is 228 g/mol. The summed E-state index contributed by atoms with van der Waals surface area (Å²) in [5.74, 6) is 1.18. The van der Waals surface area contributed by atoms with Gasteiger partial charge >= 0.3 is 0 Å². The SMILES string of the molecule is Cc1cc(C(=N)N)cc(N2CCC(C)C(O)C2)n1. The summed E-state index contributed by atoms with van der Waals surface area (Å²) in [4.78, 5) is 6.52. The highest BCUT2D eigenvalue weighted by Crippen LogP contribution is 2.23. The van der Waals surface area contributed by atoms with Crippen molar-refractivity contribution in [3.05, 3.63) is 23.4 Å². The Bertz CT molecular complexity index is 460. The summed E-state index contributed by atoms with van der Waals surface area (Å²) in [7, 11) is 0. The number of hydrogen-bond donors (Lipinski definition) is 3. The van der Waals surface area contributed by atoms with Crippen molar-refractivity contribution in [3.8, 4) is 0 Å². The largest absolute Gasteiger partial charge is 0.391 e. The van der Waals surface area contributed by atoms with Crippen LogP contribution in [0.3, 0.4) is 0 Å². The van der Waals surface area contributed by atoms with Gasteiger partial charge in [-0.3, -0.25) is 5.41 Å². The molecule has 0 aromatic carbocycles. The molecule has 2 unspecified atom stereocenters. The number of nitrogens with two attached hydrogens (primary N) is 1. The zero-order chi connectivity index (χ0) is 13.3. The third kappa shape index (κ3) is 2.61. The minimum Gasteiger partial charge on any atom is -0.391 e. The number of aliphatic hydroxyl groups excluding tert-OH is 1. The van der Waals surface area contributed by atoms with E-state index in [9.17, 15) is 5.11 Å². The molecule has 1 fully saturated rings. The molecule has 1 aromatic rings. The second-order valence-electron chi connectivity index (χ2n) is 5.05. The second kappa shape index (κ2) is 4.94. The lowest BCUT2D eigenvalue weighted by Crippen LogP contribution is -2.43. The lowest BCUT2D eigenvalue weighted by molar-refractivity contribution is 0.102. The molecule has 1 aromatic heterocycles. The number of nitrogens with one attached hydrogen (secondary N) is 1. The highest BCUT2D eigenvalue weighted by atomic mass is 16.3. The average Bonchev–Trinajstić information content (AvgIpc) is 2.31. The number of nitrogens with zero attached hydrogens (tertiary/aromatic N) is 2. The Labute approximate surface area is 107 Å². The van der Waals surface area contributed by atoms with E-state index in [4.69, 9.17) is 11.1 Å². The fourth-order valence-electron chi connectivity index (χ4n) is 2.23. The van der Waals surface area contributed by atoms with Crippen molar-refractivity contribution in [2.24, 2.45) is 11.7 Å². The summed E-state index contributed by atoms with van der Waals surface area (Å²) in [5.41, 5.74) is 7.04. The summed E-state index contributed by atoms with van der Waals surface area (Å²) in [6.07, 6.45) is 0.633. The van der Waals surface area contributed by atoms with Crippen LogP contribution in [0.4, 0.5) is 5.82 Å². The number of hydrogen-bond acceptors (Lipinski definition) is 4. The number of amidine groups is 1. The smallest absolute Gasteiger partial charge is 0.129 e. The van der Waals surface area contributed by atoms with Gasteiger partial charge in [-0.1, -0.05) is 6.92 Å². The first-order chi connectivity index (χ1) is 8.47. The van der Waals surface area contributed by atoms with Crippen LogP contribution < -0.4 is 10.6 Å². The Balaban J connectivity index is 2.25. The van der Waals surface area contributed by atoms with Crippen LogP contribution in [0.15, 0.2) is 12.1 Å². The minimum atomic E-state index is -0.318. The Morgan fingerprint density at radius 3 is 2.89 bits per heavy atom. The molecule has 1 aliphatic rings. The Morgan fingerprint density at radius 2 is 2.28 bits per heavy atom. The molecule has 0 saturated carbocycles. The number of aliphatic hydroxyl groups is 1. The van der Waals surface area contributed by atoms with E-state index in [0.717, 1.165) is 24.5 Å². The third-order valence-corrected chi connectivity index (χ3v) is 3.49. The zero-order valence-corrected chi connectivity index (χ0v) is 10.8. The van der Waals surface area contributed by atoms with Crippen LogP contribution in [0.2, 0.25) is 0 Å². The number of β-amino-alcohol motifs (C(OH)–C–C–N with tert-alkyl or cyclic N) is 1. The molecule has 5 heteroatoms. The number of aryl methyl sites for hydroxylation is 1. The topological polar surface area (TPSA) is 86.2 Å². The summed E-state index contributed by atoms with van der Waals surface area (Å²) in [5, 5.41) is 17.4. The van der Waals surface area contributed by atoms with Crippen molar-refractivity contribution in [3.63, 3.8) is 0 Å². The number of anilines is 1. The number of pyridine rings is 1. The predicted molar refractivity (Wildman–Crippen MR) is 72.0 cm³/mol. The highest BCUT2D eigenvalue weighted by Gasteiger charge is 2.25. The molecule has 0 bridgehead atoms. The second-order valence-corrected chi connectivity index (χ2v) is 5.05. The van der Waals surface area contributed by atoms with Crippen molar-refractivity contribution >= 4 is 11.7 Å². The molecule has 0 aliphatic carbocycles. The van der Waals surface area contributed by atoms with Crippen molar-refractivity contribution < 1.29 is 5.11 Å². The van der Waals surface area contributed by atoms with Gasteiger partial charge in [-0.15, -0.1) is 0 Å². The van der Waals surface area contributed by atoms with E-state index >= 15 is 0 Å². The first-order valence-corrected chi connectivity index (χ1v) is 6.23. The monoisotopic (exact) mass is 248 g/mol. The summed E-state index contributed by atoms with van der Waals surface area (Å²) < 4.78 is 0. The molecule has 18 heavy (non-hydrogen) atoms. The van der Waals surface area contributed by atoms with Crippen LogP contribution in [0, 0.1) is 18.3 Å². The first-order valence-electron chi connectivity index (χ1n) is 6.23. The summed E-state index contributed by atoms with van der Waals surface area (Å²) >= 11 is 0. The number of piperidine rings is 1. The van der Waals surface area contributed by atoms with Crippen molar-refractivity contribution in [1.82, 2.24) is 4.98 Å². The maximum Gasteiger partial charge on any atom is 0.129 e. The molecule has 2 heterocycles. The van der Waals surface area contributed by atoms with Gasteiger partial charge in [0.1, 0.15) is 11.7 Å². The van der Waals surface area contributed by atoms with E-state index in [1.165, 1.54) is 0 Å².